The molecule has 0 aliphatic rings. The van der Waals surface area contributed by atoms with E-state index >= 15 is 0 Å². The SMILES string of the molecule is C[Si](C)(C)CCOCn1cc(-c2cccc(NC(=O)CC#N)c2)c2nc(Br)cnc21. The van der Waals surface area contributed by atoms with Crippen LogP contribution in [0.4, 0.5) is 5.69 Å². The van der Waals surface area contributed by atoms with E-state index < -0.39 is 8.07 Å². The van der Waals surface area contributed by atoms with Gasteiger partial charge in [-0.3, -0.25) is 4.79 Å². The largest absolute Gasteiger partial charge is 0.361 e. The number of benzene rings is 1. The van der Waals surface area contributed by atoms with Crippen molar-refractivity contribution in [3.63, 3.8) is 0 Å². The van der Waals surface area contributed by atoms with Crippen molar-refractivity contribution in [2.24, 2.45) is 0 Å². The second-order valence-corrected chi connectivity index (χ2v) is 14.6. The van der Waals surface area contributed by atoms with Gasteiger partial charge in [-0.2, -0.15) is 5.26 Å². The lowest BCUT2D eigenvalue weighted by Crippen LogP contribution is -2.22. The summed E-state index contributed by atoms with van der Waals surface area (Å²) in [6.07, 6.45) is 3.46. The van der Waals surface area contributed by atoms with Gasteiger partial charge in [0.1, 0.15) is 23.3 Å². The highest BCUT2D eigenvalue weighted by atomic mass is 79.9. The van der Waals surface area contributed by atoms with E-state index in [2.05, 4.69) is 50.9 Å². The number of hydrogen-bond acceptors (Lipinski definition) is 5. The zero-order chi connectivity index (χ0) is 21.7. The first-order valence-corrected chi connectivity index (χ1v) is 14.1. The molecule has 9 heteroatoms. The van der Waals surface area contributed by atoms with E-state index in [4.69, 9.17) is 10.00 Å². The van der Waals surface area contributed by atoms with Gasteiger partial charge in [-0.1, -0.05) is 31.8 Å². The summed E-state index contributed by atoms with van der Waals surface area (Å²) in [4.78, 5) is 20.9. The average Bonchev–Trinajstić information content (AvgIpc) is 3.02. The molecule has 0 fully saturated rings. The van der Waals surface area contributed by atoms with E-state index in [0.717, 1.165) is 34.9 Å². The molecule has 1 N–H and O–H groups in total. The van der Waals surface area contributed by atoms with E-state index in [1.807, 2.05) is 35.0 Å². The Morgan fingerprint density at radius 2 is 2.17 bits per heavy atom. The molecule has 0 unspecified atom stereocenters. The third kappa shape index (κ3) is 5.75. The fourth-order valence-electron chi connectivity index (χ4n) is 2.92. The van der Waals surface area contributed by atoms with Crippen LogP contribution < -0.4 is 5.32 Å². The number of anilines is 1. The second kappa shape index (κ2) is 9.51. The maximum atomic E-state index is 11.8. The van der Waals surface area contributed by atoms with Crippen molar-refractivity contribution >= 4 is 46.8 Å². The number of ether oxygens (including phenoxy) is 1. The number of nitriles is 1. The van der Waals surface area contributed by atoms with E-state index in [-0.39, 0.29) is 12.3 Å². The number of aromatic nitrogens is 3. The number of halogens is 1. The van der Waals surface area contributed by atoms with E-state index in [1.54, 1.807) is 12.3 Å². The molecule has 0 atom stereocenters. The van der Waals surface area contributed by atoms with Gasteiger partial charge in [0.05, 0.1) is 12.3 Å². The van der Waals surface area contributed by atoms with Crippen molar-refractivity contribution in [3.05, 3.63) is 41.3 Å². The average molecular weight is 486 g/mol. The van der Waals surface area contributed by atoms with Crippen molar-refractivity contribution in [2.75, 3.05) is 11.9 Å². The Morgan fingerprint density at radius 1 is 1.37 bits per heavy atom. The molecule has 3 aromatic rings. The van der Waals surface area contributed by atoms with Gasteiger partial charge < -0.3 is 14.6 Å². The molecular formula is C21H24BrN5O2Si. The molecule has 7 nitrogen and oxygen atoms in total. The molecular weight excluding hydrogens is 462 g/mol. The standard InChI is InChI=1S/C21H24BrN5O2Si/c1-30(2,3)10-9-29-14-27-13-17(20-21(27)24-12-18(22)26-20)15-5-4-6-16(11-15)25-19(28)7-8-23/h4-6,11-13H,7,9-10,14H2,1-3H3,(H,25,28). The van der Waals surface area contributed by atoms with Gasteiger partial charge in [0.15, 0.2) is 5.65 Å². The highest BCUT2D eigenvalue weighted by Crippen LogP contribution is 2.31. The number of amides is 1. The Bertz CT molecular complexity index is 1100. The van der Waals surface area contributed by atoms with Crippen LogP contribution in [0.1, 0.15) is 6.42 Å². The van der Waals surface area contributed by atoms with Gasteiger partial charge in [0.25, 0.3) is 0 Å². The molecule has 2 heterocycles. The summed E-state index contributed by atoms with van der Waals surface area (Å²) in [7, 11) is -1.15. The first-order valence-electron chi connectivity index (χ1n) is 9.63. The Hall–Kier alpha value is -2.54. The van der Waals surface area contributed by atoms with Crippen LogP contribution in [0.15, 0.2) is 41.3 Å². The molecule has 1 aromatic carbocycles. The van der Waals surface area contributed by atoms with Crippen LogP contribution in [0.3, 0.4) is 0 Å². The normalized spacial score (nSPS) is 11.4. The lowest BCUT2D eigenvalue weighted by atomic mass is 10.1. The monoisotopic (exact) mass is 485 g/mol. The molecule has 1 amide bonds. The smallest absolute Gasteiger partial charge is 0.238 e. The van der Waals surface area contributed by atoms with Crippen LogP contribution in [-0.2, 0) is 16.3 Å². The fourth-order valence-corrected chi connectivity index (χ4v) is 3.96. The summed E-state index contributed by atoms with van der Waals surface area (Å²) < 4.78 is 8.52. The maximum Gasteiger partial charge on any atom is 0.238 e. The number of carbonyl (C=O) groups excluding carboxylic acids is 1. The summed E-state index contributed by atoms with van der Waals surface area (Å²) in [6.45, 7) is 8.09. The molecule has 3 rings (SSSR count). The van der Waals surface area contributed by atoms with Gasteiger partial charge >= 0.3 is 0 Å². The van der Waals surface area contributed by atoms with Crippen molar-refractivity contribution in [1.29, 1.82) is 5.26 Å². The predicted molar refractivity (Wildman–Crippen MR) is 124 cm³/mol. The third-order valence-corrected chi connectivity index (χ3v) is 6.55. The Balaban J connectivity index is 1.90. The van der Waals surface area contributed by atoms with Crippen molar-refractivity contribution in [3.8, 4) is 17.2 Å². The summed E-state index contributed by atoms with van der Waals surface area (Å²) in [5.74, 6) is -0.338. The minimum absolute atomic E-state index is 0.184. The highest BCUT2D eigenvalue weighted by molar-refractivity contribution is 9.10. The lowest BCUT2D eigenvalue weighted by Gasteiger charge is -2.15. The van der Waals surface area contributed by atoms with Crippen LogP contribution in [0, 0.1) is 11.3 Å². The van der Waals surface area contributed by atoms with Crippen LogP contribution in [0.5, 0.6) is 0 Å². The zero-order valence-corrected chi connectivity index (χ0v) is 19.9. The summed E-state index contributed by atoms with van der Waals surface area (Å²) in [6, 6.07) is 10.4. The number of fused-ring (bicyclic) bond motifs is 1. The van der Waals surface area contributed by atoms with Gasteiger partial charge in [0.2, 0.25) is 5.91 Å². The number of hydrogen-bond donors (Lipinski definition) is 1. The van der Waals surface area contributed by atoms with Gasteiger partial charge in [0, 0.05) is 32.1 Å². The van der Waals surface area contributed by atoms with Crippen LogP contribution >= 0.6 is 15.9 Å². The molecule has 2 aromatic heterocycles. The fraction of sp³-hybridized carbons (Fsp3) is 0.333. The maximum absolute atomic E-state index is 11.8. The number of carbonyl (C=O) groups is 1. The van der Waals surface area contributed by atoms with Gasteiger partial charge in [-0.15, -0.1) is 0 Å². The van der Waals surface area contributed by atoms with E-state index in [9.17, 15) is 4.79 Å². The lowest BCUT2D eigenvalue weighted by molar-refractivity contribution is -0.115. The highest BCUT2D eigenvalue weighted by Gasteiger charge is 2.16. The van der Waals surface area contributed by atoms with Gasteiger partial charge in [-0.25, -0.2) is 9.97 Å². The predicted octanol–water partition coefficient (Wildman–Crippen LogP) is 5.03. The summed E-state index contributed by atoms with van der Waals surface area (Å²) in [5.41, 5.74) is 3.90. The van der Waals surface area contributed by atoms with Gasteiger partial charge in [-0.05, 0) is 39.7 Å². The van der Waals surface area contributed by atoms with Crippen molar-refractivity contribution in [2.45, 2.75) is 38.8 Å². The Kier molecular flexibility index (Phi) is 7.02. The molecule has 0 saturated heterocycles. The molecule has 0 aliphatic carbocycles. The molecule has 0 bridgehead atoms. The van der Waals surface area contributed by atoms with Crippen LogP contribution in [-0.4, -0.2) is 35.1 Å². The molecule has 0 saturated carbocycles. The topological polar surface area (TPSA) is 92.8 Å². The first kappa shape index (κ1) is 22.1. The molecule has 0 spiro atoms. The van der Waals surface area contributed by atoms with Crippen LogP contribution in [0.25, 0.3) is 22.3 Å². The minimum atomic E-state index is -1.15. The molecule has 156 valence electrons. The second-order valence-electron chi connectivity index (χ2n) is 8.19. The zero-order valence-electron chi connectivity index (χ0n) is 17.3. The Morgan fingerprint density at radius 3 is 2.90 bits per heavy atom. The minimum Gasteiger partial charge on any atom is -0.361 e. The Labute approximate surface area is 185 Å². The van der Waals surface area contributed by atoms with E-state index in [0.29, 0.717) is 17.0 Å². The molecule has 0 aliphatic heterocycles. The third-order valence-electron chi connectivity index (χ3n) is 4.46. The number of rotatable bonds is 8. The van der Waals surface area contributed by atoms with Crippen molar-refractivity contribution < 1.29 is 9.53 Å². The molecule has 0 radical (unpaired) electrons. The quantitative estimate of drug-likeness (QED) is 0.356. The van der Waals surface area contributed by atoms with Crippen molar-refractivity contribution in [1.82, 2.24) is 14.5 Å². The first-order chi connectivity index (χ1) is 14.3. The summed E-state index contributed by atoms with van der Waals surface area (Å²) in [5, 5.41) is 11.4. The van der Waals surface area contributed by atoms with Crippen LogP contribution in [0.2, 0.25) is 25.7 Å². The number of nitrogens with one attached hydrogen (secondary N) is 1. The summed E-state index contributed by atoms with van der Waals surface area (Å²) >= 11 is 3.40. The van der Waals surface area contributed by atoms with E-state index in [1.165, 1.54) is 0 Å². The molecule has 30 heavy (non-hydrogen) atoms. The number of nitrogens with zero attached hydrogens (tertiary/aromatic N) is 4.